The van der Waals surface area contributed by atoms with Crippen LogP contribution in [0.3, 0.4) is 0 Å². The molecule has 0 N–H and O–H groups in total. The first-order chi connectivity index (χ1) is 20.5. The third-order valence-corrected chi connectivity index (χ3v) is 19.9. The van der Waals surface area contributed by atoms with Gasteiger partial charge in [-0.1, -0.05) is 146 Å². The standard InChI is InChI=1S/C43H68Si/c1-14-15-16-17-21-44(13,41-30(5)28(3)29(4)31(41)6)40-27(2)22-37-38(40)25-32-19-18-20-36(32)39(37)33-23-34(42(7,8)9)26-35(24-33)43(10,11)12/h23-31,40-41H,14-22H2,1-13H3. The molecule has 3 aliphatic carbocycles. The first-order valence-corrected chi connectivity index (χ1v) is 21.7. The van der Waals surface area contributed by atoms with E-state index in [0.29, 0.717) is 0 Å². The Labute approximate surface area is 274 Å². The molecule has 0 amide bonds. The zero-order valence-electron chi connectivity index (χ0n) is 31.2. The summed E-state index contributed by atoms with van der Waals surface area (Å²) in [5, 5.41) is 0. The van der Waals surface area contributed by atoms with Crippen LogP contribution in [0.15, 0.2) is 24.3 Å². The van der Waals surface area contributed by atoms with Crippen LogP contribution in [0, 0.1) is 29.6 Å². The lowest BCUT2D eigenvalue weighted by Crippen LogP contribution is -2.48. The molecule has 0 saturated heterocycles. The number of hydrogen-bond acceptors (Lipinski definition) is 0. The van der Waals surface area contributed by atoms with Gasteiger partial charge in [-0.2, -0.15) is 0 Å². The number of unbranched alkanes of at least 4 members (excludes halogenated alkanes) is 3. The summed E-state index contributed by atoms with van der Waals surface area (Å²) in [5.74, 6) is 4.16. The lowest BCUT2D eigenvalue weighted by atomic mass is 9.77. The van der Waals surface area contributed by atoms with Crippen molar-refractivity contribution in [1.29, 1.82) is 0 Å². The van der Waals surface area contributed by atoms with Crippen molar-refractivity contribution in [1.82, 2.24) is 0 Å². The Balaban J connectivity index is 1.72. The summed E-state index contributed by atoms with van der Waals surface area (Å²) in [6.07, 6.45) is 10.8. The number of hydrogen-bond donors (Lipinski definition) is 0. The molecule has 7 unspecified atom stereocenters. The van der Waals surface area contributed by atoms with E-state index in [9.17, 15) is 0 Å². The first-order valence-electron chi connectivity index (χ1n) is 18.8. The van der Waals surface area contributed by atoms with Gasteiger partial charge in [0, 0.05) is 0 Å². The van der Waals surface area contributed by atoms with Crippen LogP contribution in [-0.2, 0) is 30.1 Å². The Kier molecular flexibility index (Phi) is 9.55. The van der Waals surface area contributed by atoms with E-state index in [-0.39, 0.29) is 10.8 Å². The van der Waals surface area contributed by atoms with Crippen LogP contribution in [0.5, 0.6) is 0 Å². The van der Waals surface area contributed by atoms with Crippen LogP contribution in [0.25, 0.3) is 11.1 Å². The van der Waals surface area contributed by atoms with E-state index >= 15 is 0 Å². The molecular weight excluding hydrogens is 545 g/mol. The van der Waals surface area contributed by atoms with Crippen LogP contribution in [-0.4, -0.2) is 8.07 Å². The minimum absolute atomic E-state index is 0.138. The van der Waals surface area contributed by atoms with Crippen molar-refractivity contribution in [3.8, 4) is 11.1 Å². The van der Waals surface area contributed by atoms with Gasteiger partial charge < -0.3 is 0 Å². The van der Waals surface area contributed by atoms with Crippen LogP contribution in [0.4, 0.5) is 0 Å². The molecule has 244 valence electrons. The molecule has 3 aliphatic rings. The van der Waals surface area contributed by atoms with E-state index in [4.69, 9.17) is 0 Å². The average molecular weight is 613 g/mol. The van der Waals surface area contributed by atoms with Crippen molar-refractivity contribution < 1.29 is 0 Å². The highest BCUT2D eigenvalue weighted by Gasteiger charge is 2.56. The Bertz CT molecular complexity index is 1290. The fourth-order valence-corrected chi connectivity index (χ4v) is 18.3. The lowest BCUT2D eigenvalue weighted by molar-refractivity contribution is 0.352. The molecule has 1 heteroatoms. The van der Waals surface area contributed by atoms with Gasteiger partial charge in [0.2, 0.25) is 0 Å². The monoisotopic (exact) mass is 613 g/mol. The van der Waals surface area contributed by atoms with E-state index in [0.717, 1.165) is 40.7 Å². The number of fused-ring (bicyclic) bond motifs is 2. The van der Waals surface area contributed by atoms with Crippen molar-refractivity contribution in [2.45, 2.75) is 169 Å². The van der Waals surface area contributed by atoms with Gasteiger partial charge >= 0.3 is 0 Å². The van der Waals surface area contributed by atoms with Gasteiger partial charge in [0.1, 0.15) is 0 Å². The maximum absolute atomic E-state index is 2.92. The van der Waals surface area contributed by atoms with Crippen molar-refractivity contribution in [2.24, 2.45) is 29.6 Å². The van der Waals surface area contributed by atoms with Gasteiger partial charge in [-0.3, -0.25) is 0 Å². The zero-order valence-corrected chi connectivity index (χ0v) is 32.2. The fraction of sp³-hybridized carbons (Fsp3) is 0.721. The highest BCUT2D eigenvalue weighted by molar-refractivity contribution is 6.81. The Hall–Kier alpha value is -1.34. The summed E-state index contributed by atoms with van der Waals surface area (Å²) in [4.78, 5) is 0. The zero-order chi connectivity index (χ0) is 32.4. The molecule has 2 aromatic rings. The maximum Gasteiger partial charge on any atom is 0.0622 e. The number of rotatable bonds is 8. The van der Waals surface area contributed by atoms with Gasteiger partial charge in [-0.25, -0.2) is 0 Å². The van der Waals surface area contributed by atoms with Gasteiger partial charge in [-0.15, -0.1) is 0 Å². The third kappa shape index (κ3) is 5.95. The van der Waals surface area contributed by atoms with Gasteiger partial charge in [-0.05, 0) is 122 Å². The molecule has 1 saturated carbocycles. The second-order valence-electron chi connectivity index (χ2n) is 18.5. The van der Waals surface area contributed by atoms with Crippen LogP contribution in [0.1, 0.15) is 154 Å². The summed E-state index contributed by atoms with van der Waals surface area (Å²) >= 11 is 0. The molecule has 2 aromatic carbocycles. The summed E-state index contributed by atoms with van der Waals surface area (Å²) in [6.45, 7) is 32.9. The quantitative estimate of drug-likeness (QED) is 0.205. The van der Waals surface area contributed by atoms with Crippen LogP contribution < -0.4 is 0 Å². The van der Waals surface area contributed by atoms with Crippen molar-refractivity contribution in [2.75, 3.05) is 0 Å². The third-order valence-electron chi connectivity index (χ3n) is 13.6. The SMILES string of the molecule is CCCCCC[Si](C)(C1c2cc3c(c(-c4cc(C(C)(C)C)cc(C(C)(C)C)c4)c2CC1C)CCC3)C1C(C)C(C)C(C)C1C. The second-order valence-corrected chi connectivity index (χ2v) is 23.3. The Morgan fingerprint density at radius 3 is 1.84 bits per heavy atom. The highest BCUT2D eigenvalue weighted by atomic mass is 28.3. The Morgan fingerprint density at radius 2 is 1.30 bits per heavy atom. The molecule has 0 heterocycles. The predicted octanol–water partition coefficient (Wildman–Crippen LogP) is 12.8. The molecule has 1 fully saturated rings. The molecule has 0 spiro atoms. The smallest absolute Gasteiger partial charge is 0.0622 e. The molecule has 5 rings (SSSR count). The van der Waals surface area contributed by atoms with Gasteiger partial charge in [0.25, 0.3) is 0 Å². The van der Waals surface area contributed by atoms with Gasteiger partial charge in [0.05, 0.1) is 8.07 Å². The average Bonchev–Trinajstić information content (AvgIpc) is 3.59. The summed E-state index contributed by atoms with van der Waals surface area (Å²) in [6, 6.07) is 12.1. The minimum atomic E-state index is -1.70. The van der Waals surface area contributed by atoms with E-state index in [1.54, 1.807) is 22.3 Å². The molecule has 0 aliphatic heterocycles. The van der Waals surface area contributed by atoms with E-state index < -0.39 is 8.07 Å². The molecule has 44 heavy (non-hydrogen) atoms. The number of aryl methyl sites for hydroxylation is 1. The molecule has 0 aromatic heterocycles. The van der Waals surface area contributed by atoms with E-state index in [2.05, 4.69) is 114 Å². The molecule has 0 nitrogen and oxygen atoms in total. The van der Waals surface area contributed by atoms with E-state index in [1.165, 1.54) is 74.1 Å². The largest absolute Gasteiger partial charge is 0.0685 e. The summed E-state index contributed by atoms with van der Waals surface area (Å²) in [5.41, 5.74) is 15.2. The summed E-state index contributed by atoms with van der Waals surface area (Å²) < 4.78 is 0. The topological polar surface area (TPSA) is 0 Å². The first kappa shape index (κ1) is 34.0. The fourth-order valence-electron chi connectivity index (χ4n) is 10.8. The lowest BCUT2D eigenvalue weighted by Gasteiger charge is -2.46. The van der Waals surface area contributed by atoms with Gasteiger partial charge in [0.15, 0.2) is 0 Å². The summed E-state index contributed by atoms with van der Waals surface area (Å²) in [7, 11) is -1.70. The molecular formula is C43H68Si. The molecule has 7 atom stereocenters. The number of benzene rings is 2. The van der Waals surface area contributed by atoms with Crippen molar-refractivity contribution in [3.63, 3.8) is 0 Å². The highest BCUT2D eigenvalue weighted by Crippen LogP contribution is 2.62. The predicted molar refractivity (Wildman–Crippen MR) is 198 cm³/mol. The minimum Gasteiger partial charge on any atom is -0.0685 e. The normalized spacial score (nSPS) is 30.0. The van der Waals surface area contributed by atoms with Crippen molar-refractivity contribution in [3.05, 3.63) is 57.6 Å². The Morgan fingerprint density at radius 1 is 0.705 bits per heavy atom. The van der Waals surface area contributed by atoms with Crippen LogP contribution in [0.2, 0.25) is 18.1 Å². The molecule has 0 bridgehead atoms. The van der Waals surface area contributed by atoms with Crippen LogP contribution >= 0.6 is 0 Å². The van der Waals surface area contributed by atoms with E-state index in [1.807, 2.05) is 5.56 Å². The second kappa shape index (κ2) is 12.4. The molecule has 0 radical (unpaired) electrons. The maximum atomic E-state index is 2.92. The van der Waals surface area contributed by atoms with Crippen molar-refractivity contribution >= 4 is 8.07 Å².